The topological polar surface area (TPSA) is 94.5 Å². The van der Waals surface area contributed by atoms with Crippen molar-refractivity contribution in [2.45, 2.75) is 71.6 Å². The number of ether oxygens (including phenoxy) is 1. The standard InChI is InChI=1S/C44H46N4O4/c1-30-22-24-36(25-23-30)48-39-29-32(3)31(2)28-38(39)45-40(48)27-26-37(46-42(50)51-43(4,5)6)41(49)47-52-44(33-16-10-7-11-17-33,34-18-12-8-13-19-34)35-20-14-9-15-21-35/h7-25,28-29,37H,26-27H2,1-6H3,(H,46,50)(H,47,49)/t37-/m1/s1. The molecule has 0 aliphatic rings. The van der Waals surface area contributed by atoms with E-state index < -0.39 is 29.2 Å². The van der Waals surface area contributed by atoms with Gasteiger partial charge in [0.15, 0.2) is 5.60 Å². The van der Waals surface area contributed by atoms with Crippen LogP contribution in [0.5, 0.6) is 0 Å². The number of rotatable bonds is 11. The average Bonchev–Trinajstić information content (AvgIpc) is 3.47. The first-order valence-electron chi connectivity index (χ1n) is 17.6. The molecule has 6 rings (SSSR count). The number of alkyl carbamates (subject to hydrolysis) is 1. The summed E-state index contributed by atoms with van der Waals surface area (Å²) < 4.78 is 7.74. The van der Waals surface area contributed by atoms with Crippen LogP contribution in [0.1, 0.15) is 66.4 Å². The number of aromatic nitrogens is 2. The van der Waals surface area contributed by atoms with Crippen molar-refractivity contribution in [3.8, 4) is 5.69 Å². The van der Waals surface area contributed by atoms with E-state index in [1.807, 2.05) is 91.0 Å². The van der Waals surface area contributed by atoms with Crippen molar-refractivity contribution in [3.63, 3.8) is 0 Å². The van der Waals surface area contributed by atoms with Gasteiger partial charge in [-0.2, -0.15) is 0 Å². The van der Waals surface area contributed by atoms with Gasteiger partial charge in [-0.3, -0.25) is 14.2 Å². The zero-order chi connectivity index (χ0) is 36.9. The molecule has 0 aliphatic carbocycles. The molecule has 0 unspecified atom stereocenters. The van der Waals surface area contributed by atoms with Crippen molar-refractivity contribution in [2.75, 3.05) is 0 Å². The number of aryl methyl sites for hydroxylation is 4. The molecule has 2 N–H and O–H groups in total. The van der Waals surface area contributed by atoms with Gasteiger partial charge in [0.25, 0.3) is 5.91 Å². The van der Waals surface area contributed by atoms with Gasteiger partial charge in [-0.1, -0.05) is 109 Å². The van der Waals surface area contributed by atoms with Crippen molar-refractivity contribution in [1.82, 2.24) is 20.3 Å². The van der Waals surface area contributed by atoms with Crippen LogP contribution in [0.2, 0.25) is 0 Å². The number of nitrogens with zero attached hydrogens (tertiary/aromatic N) is 2. The molecule has 0 bridgehead atoms. The zero-order valence-electron chi connectivity index (χ0n) is 30.6. The molecule has 1 atom stereocenters. The van der Waals surface area contributed by atoms with Crippen molar-refractivity contribution in [2.24, 2.45) is 0 Å². The van der Waals surface area contributed by atoms with E-state index in [4.69, 9.17) is 14.6 Å². The molecule has 2 amide bonds. The zero-order valence-corrected chi connectivity index (χ0v) is 30.6. The third kappa shape index (κ3) is 7.92. The summed E-state index contributed by atoms with van der Waals surface area (Å²) >= 11 is 0. The number of hydroxylamine groups is 1. The van der Waals surface area contributed by atoms with Gasteiger partial charge < -0.3 is 10.1 Å². The molecule has 52 heavy (non-hydrogen) atoms. The third-order valence-corrected chi connectivity index (χ3v) is 9.14. The molecule has 266 valence electrons. The normalized spacial score (nSPS) is 12.3. The van der Waals surface area contributed by atoms with Crippen molar-refractivity contribution in [3.05, 3.63) is 167 Å². The molecule has 0 aliphatic heterocycles. The van der Waals surface area contributed by atoms with Crippen molar-refractivity contribution < 1.29 is 19.2 Å². The smallest absolute Gasteiger partial charge is 0.408 e. The Morgan fingerprint density at radius 3 is 1.77 bits per heavy atom. The molecule has 0 fully saturated rings. The fraction of sp³-hybridized carbons (Fsp3) is 0.250. The lowest BCUT2D eigenvalue weighted by Crippen LogP contribution is -2.50. The Hall–Kier alpha value is -5.73. The van der Waals surface area contributed by atoms with Crippen LogP contribution in [-0.4, -0.2) is 33.2 Å². The van der Waals surface area contributed by atoms with Gasteiger partial charge >= 0.3 is 6.09 Å². The van der Waals surface area contributed by atoms with E-state index in [9.17, 15) is 9.59 Å². The predicted molar refractivity (Wildman–Crippen MR) is 205 cm³/mol. The minimum absolute atomic E-state index is 0.219. The average molecular weight is 695 g/mol. The number of nitrogens with one attached hydrogen (secondary N) is 2. The third-order valence-electron chi connectivity index (χ3n) is 9.14. The fourth-order valence-electron chi connectivity index (χ4n) is 6.42. The first-order chi connectivity index (χ1) is 24.9. The minimum atomic E-state index is -1.20. The second kappa shape index (κ2) is 15.3. The summed E-state index contributed by atoms with van der Waals surface area (Å²) in [4.78, 5) is 39.2. The van der Waals surface area contributed by atoms with E-state index in [0.29, 0.717) is 6.42 Å². The van der Waals surface area contributed by atoms with Crippen LogP contribution in [0.4, 0.5) is 4.79 Å². The SMILES string of the molecule is Cc1ccc(-n2c(CC[C@@H](NC(=O)OC(C)(C)C)C(=O)NOC(c3ccccc3)(c3ccccc3)c3ccccc3)nc3cc(C)c(C)cc32)cc1. The quantitative estimate of drug-likeness (QED) is 0.104. The van der Waals surface area contributed by atoms with E-state index in [0.717, 1.165) is 55.9 Å². The van der Waals surface area contributed by atoms with Gasteiger partial charge in [-0.15, -0.1) is 0 Å². The molecule has 1 aromatic heterocycles. The maximum absolute atomic E-state index is 14.3. The van der Waals surface area contributed by atoms with E-state index >= 15 is 0 Å². The van der Waals surface area contributed by atoms with Gasteiger partial charge in [0.2, 0.25) is 0 Å². The van der Waals surface area contributed by atoms with Gasteiger partial charge in [-0.25, -0.2) is 15.3 Å². The highest BCUT2D eigenvalue weighted by atomic mass is 16.7. The lowest BCUT2D eigenvalue weighted by atomic mass is 9.80. The summed E-state index contributed by atoms with van der Waals surface area (Å²) in [5.74, 6) is 0.239. The maximum atomic E-state index is 14.3. The molecule has 1 heterocycles. The second-order valence-electron chi connectivity index (χ2n) is 14.2. The van der Waals surface area contributed by atoms with Crippen LogP contribution in [0.3, 0.4) is 0 Å². The van der Waals surface area contributed by atoms with E-state index in [1.54, 1.807) is 20.8 Å². The molecule has 0 radical (unpaired) electrons. The lowest BCUT2D eigenvalue weighted by Gasteiger charge is -2.35. The Labute approximate surface area is 305 Å². The molecule has 0 saturated heterocycles. The number of carbonyl (C=O) groups excluding carboxylic acids is 2. The Morgan fingerprint density at radius 2 is 1.25 bits per heavy atom. The van der Waals surface area contributed by atoms with E-state index in [2.05, 4.69) is 72.5 Å². The van der Waals surface area contributed by atoms with Crippen LogP contribution in [0.25, 0.3) is 16.7 Å². The number of fused-ring (bicyclic) bond motifs is 1. The summed E-state index contributed by atoms with van der Waals surface area (Å²) in [6, 6.07) is 40.8. The first-order valence-corrected chi connectivity index (χ1v) is 17.6. The molecule has 8 heteroatoms. The summed E-state index contributed by atoms with van der Waals surface area (Å²) in [5.41, 5.74) is 9.54. The van der Waals surface area contributed by atoms with Crippen molar-refractivity contribution >= 4 is 23.0 Å². The number of carbonyl (C=O) groups is 2. The molecular weight excluding hydrogens is 649 g/mol. The first kappa shape index (κ1) is 36.1. The Kier molecular flexibility index (Phi) is 10.6. The van der Waals surface area contributed by atoms with E-state index in [-0.39, 0.29) is 6.42 Å². The maximum Gasteiger partial charge on any atom is 0.408 e. The molecule has 5 aromatic carbocycles. The Morgan fingerprint density at radius 1 is 0.731 bits per heavy atom. The largest absolute Gasteiger partial charge is 0.444 e. The van der Waals surface area contributed by atoms with Gasteiger partial charge in [-0.05, 0) is 100 Å². The van der Waals surface area contributed by atoms with Crippen LogP contribution < -0.4 is 10.8 Å². The highest BCUT2D eigenvalue weighted by Crippen LogP contribution is 2.39. The summed E-state index contributed by atoms with van der Waals surface area (Å²) in [6.07, 6.45) is -0.113. The van der Waals surface area contributed by atoms with Gasteiger partial charge in [0, 0.05) is 12.1 Å². The Balaban J connectivity index is 1.36. The molecule has 6 aromatic rings. The highest BCUT2D eigenvalue weighted by Gasteiger charge is 2.40. The molecule has 0 saturated carbocycles. The summed E-state index contributed by atoms with van der Waals surface area (Å²) in [6.45, 7) is 11.6. The monoisotopic (exact) mass is 694 g/mol. The van der Waals surface area contributed by atoms with Crippen molar-refractivity contribution in [1.29, 1.82) is 0 Å². The van der Waals surface area contributed by atoms with Crippen LogP contribution >= 0.6 is 0 Å². The number of amides is 2. The lowest BCUT2D eigenvalue weighted by molar-refractivity contribution is -0.145. The van der Waals surface area contributed by atoms with Gasteiger partial charge in [0.05, 0.1) is 11.0 Å². The number of benzene rings is 5. The van der Waals surface area contributed by atoms with E-state index in [1.165, 1.54) is 0 Å². The van der Waals surface area contributed by atoms with Crippen LogP contribution in [0, 0.1) is 20.8 Å². The summed E-state index contributed by atoms with van der Waals surface area (Å²) in [7, 11) is 0. The van der Waals surface area contributed by atoms with Crippen LogP contribution in [0.15, 0.2) is 127 Å². The van der Waals surface area contributed by atoms with Gasteiger partial charge in [0.1, 0.15) is 17.5 Å². The molecule has 8 nitrogen and oxygen atoms in total. The Bertz CT molecular complexity index is 2040. The second-order valence-corrected chi connectivity index (χ2v) is 14.2. The predicted octanol–water partition coefficient (Wildman–Crippen LogP) is 8.82. The number of hydrogen-bond donors (Lipinski definition) is 2. The minimum Gasteiger partial charge on any atom is -0.444 e. The number of hydrogen-bond acceptors (Lipinski definition) is 5. The fourth-order valence-corrected chi connectivity index (χ4v) is 6.42. The highest BCUT2D eigenvalue weighted by molar-refractivity contribution is 5.85. The molecule has 0 spiro atoms. The van der Waals surface area contributed by atoms with Crippen LogP contribution in [-0.2, 0) is 26.4 Å². The summed E-state index contributed by atoms with van der Waals surface area (Å²) in [5, 5.41) is 2.83. The molecular formula is C44H46N4O4. The number of imidazole rings is 1.